The Morgan fingerprint density at radius 1 is 1.47 bits per heavy atom. The van der Waals surface area contributed by atoms with Gasteiger partial charge in [0.15, 0.2) is 0 Å². The third-order valence-corrected chi connectivity index (χ3v) is 3.76. The van der Waals surface area contributed by atoms with Gasteiger partial charge in [-0.2, -0.15) is 0 Å². The van der Waals surface area contributed by atoms with Crippen LogP contribution in [-0.2, 0) is 10.3 Å². The van der Waals surface area contributed by atoms with Gasteiger partial charge >= 0.3 is 0 Å². The molecule has 1 heterocycles. The third-order valence-electron chi connectivity index (χ3n) is 2.94. The highest BCUT2D eigenvalue weighted by Crippen LogP contribution is 2.41. The van der Waals surface area contributed by atoms with Crippen molar-refractivity contribution in [2.75, 3.05) is 6.61 Å². The van der Waals surface area contributed by atoms with Gasteiger partial charge in [-0.05, 0) is 13.0 Å². The molecule has 4 heteroatoms. The van der Waals surface area contributed by atoms with Crippen LogP contribution < -0.4 is 0 Å². The number of halogens is 2. The summed E-state index contributed by atoms with van der Waals surface area (Å²) in [7, 11) is 0. The van der Waals surface area contributed by atoms with E-state index < -0.39 is 5.60 Å². The molecule has 0 radical (unpaired) electrons. The van der Waals surface area contributed by atoms with Gasteiger partial charge in [0.2, 0.25) is 0 Å². The van der Waals surface area contributed by atoms with Crippen molar-refractivity contribution in [1.82, 2.24) is 0 Å². The Morgan fingerprint density at radius 2 is 2.20 bits per heavy atom. The molecule has 0 amide bonds. The second-order valence-corrected chi connectivity index (χ2v) is 4.57. The summed E-state index contributed by atoms with van der Waals surface area (Å²) in [5.41, 5.74) is -0.358. The monoisotopic (exact) mass is 246 g/mol. The number of ether oxygens (including phenoxy) is 1. The first-order chi connectivity index (χ1) is 7.05. The lowest BCUT2D eigenvalue weighted by Crippen LogP contribution is -2.33. The summed E-state index contributed by atoms with van der Waals surface area (Å²) >= 11 is 12.0. The molecule has 2 rings (SSSR count). The van der Waals surface area contributed by atoms with Crippen LogP contribution in [0.15, 0.2) is 18.2 Å². The zero-order valence-electron chi connectivity index (χ0n) is 8.34. The quantitative estimate of drug-likeness (QED) is 0.826. The molecule has 1 saturated heterocycles. The van der Waals surface area contributed by atoms with Crippen LogP contribution in [-0.4, -0.2) is 17.8 Å². The summed E-state index contributed by atoms with van der Waals surface area (Å²) in [5.74, 6) is 0. The molecule has 2 atom stereocenters. The molecule has 2 unspecified atom stereocenters. The van der Waals surface area contributed by atoms with Crippen LogP contribution in [0.5, 0.6) is 0 Å². The van der Waals surface area contributed by atoms with Gasteiger partial charge < -0.3 is 9.84 Å². The van der Waals surface area contributed by atoms with Gasteiger partial charge in [0.05, 0.1) is 22.8 Å². The van der Waals surface area contributed by atoms with Crippen molar-refractivity contribution in [3.05, 3.63) is 33.8 Å². The van der Waals surface area contributed by atoms with Gasteiger partial charge in [-0.15, -0.1) is 0 Å². The molecule has 0 aliphatic carbocycles. The van der Waals surface area contributed by atoms with Crippen LogP contribution >= 0.6 is 23.2 Å². The molecule has 15 heavy (non-hydrogen) atoms. The van der Waals surface area contributed by atoms with Crippen molar-refractivity contribution >= 4 is 23.2 Å². The molecule has 1 fully saturated rings. The standard InChI is InChI=1S/C11H12Cl2O2/c1-7-11(14,5-6-15-7)8-3-2-4-9(12)10(8)13/h2-4,7,14H,5-6H2,1H3. The minimum Gasteiger partial charge on any atom is -0.382 e. The lowest BCUT2D eigenvalue weighted by Gasteiger charge is -2.27. The molecule has 1 aromatic rings. The molecule has 0 bridgehead atoms. The largest absolute Gasteiger partial charge is 0.382 e. The maximum absolute atomic E-state index is 10.5. The van der Waals surface area contributed by atoms with E-state index in [9.17, 15) is 5.11 Å². The Labute approximate surface area is 98.8 Å². The van der Waals surface area contributed by atoms with E-state index in [1.165, 1.54) is 0 Å². The van der Waals surface area contributed by atoms with Crippen molar-refractivity contribution in [3.63, 3.8) is 0 Å². The predicted octanol–water partition coefficient (Wildman–Crippen LogP) is 2.99. The van der Waals surface area contributed by atoms with E-state index in [1.807, 2.05) is 6.92 Å². The van der Waals surface area contributed by atoms with E-state index in [4.69, 9.17) is 27.9 Å². The second-order valence-electron chi connectivity index (χ2n) is 3.79. The van der Waals surface area contributed by atoms with Crippen LogP contribution in [0, 0.1) is 0 Å². The van der Waals surface area contributed by atoms with Gasteiger partial charge in [0.25, 0.3) is 0 Å². The first-order valence-corrected chi connectivity index (χ1v) is 5.60. The van der Waals surface area contributed by atoms with Crippen LogP contribution in [0.2, 0.25) is 10.0 Å². The molecule has 1 aliphatic heterocycles. The molecule has 0 aromatic heterocycles. The Balaban J connectivity index is 2.49. The number of hydrogen-bond donors (Lipinski definition) is 1. The fourth-order valence-electron chi connectivity index (χ4n) is 1.92. The fourth-order valence-corrected chi connectivity index (χ4v) is 2.39. The molecular formula is C11H12Cl2O2. The van der Waals surface area contributed by atoms with Crippen molar-refractivity contribution in [2.24, 2.45) is 0 Å². The van der Waals surface area contributed by atoms with Gasteiger partial charge in [-0.25, -0.2) is 0 Å². The SMILES string of the molecule is CC1OCCC1(O)c1cccc(Cl)c1Cl. The van der Waals surface area contributed by atoms with Crippen molar-refractivity contribution < 1.29 is 9.84 Å². The maximum Gasteiger partial charge on any atom is 0.119 e. The summed E-state index contributed by atoms with van der Waals surface area (Å²) < 4.78 is 5.37. The van der Waals surface area contributed by atoms with Crippen LogP contribution in [0.4, 0.5) is 0 Å². The summed E-state index contributed by atoms with van der Waals surface area (Å²) in [4.78, 5) is 0. The Kier molecular flexibility index (Phi) is 2.95. The van der Waals surface area contributed by atoms with Crippen LogP contribution in [0.3, 0.4) is 0 Å². The highest BCUT2D eigenvalue weighted by Gasteiger charge is 2.42. The lowest BCUT2D eigenvalue weighted by atomic mass is 9.88. The normalized spacial score (nSPS) is 30.8. The van der Waals surface area contributed by atoms with Crippen molar-refractivity contribution in [1.29, 1.82) is 0 Å². The zero-order chi connectivity index (χ0) is 11.1. The van der Waals surface area contributed by atoms with Gasteiger partial charge in [0.1, 0.15) is 5.60 Å². The number of hydrogen-bond acceptors (Lipinski definition) is 2. The average molecular weight is 247 g/mol. The van der Waals surface area contributed by atoms with Gasteiger partial charge in [0, 0.05) is 12.0 Å². The Morgan fingerprint density at radius 3 is 2.80 bits per heavy atom. The molecule has 1 aromatic carbocycles. The summed E-state index contributed by atoms with van der Waals surface area (Å²) in [6, 6.07) is 5.28. The average Bonchev–Trinajstić information content (AvgIpc) is 2.53. The van der Waals surface area contributed by atoms with Gasteiger partial charge in [-0.1, -0.05) is 35.3 Å². The highest BCUT2D eigenvalue weighted by molar-refractivity contribution is 6.42. The second kappa shape index (κ2) is 3.95. The smallest absolute Gasteiger partial charge is 0.119 e. The predicted molar refractivity (Wildman–Crippen MR) is 60.4 cm³/mol. The third kappa shape index (κ3) is 1.76. The summed E-state index contributed by atoms with van der Waals surface area (Å²) in [6.45, 7) is 2.38. The van der Waals surface area contributed by atoms with E-state index in [2.05, 4.69) is 0 Å². The summed E-state index contributed by atoms with van der Waals surface area (Å²) in [5, 5.41) is 11.3. The lowest BCUT2D eigenvalue weighted by molar-refractivity contribution is -0.0316. The van der Waals surface area contributed by atoms with E-state index in [1.54, 1.807) is 18.2 Å². The molecule has 82 valence electrons. The molecule has 1 N–H and O–H groups in total. The molecule has 2 nitrogen and oxygen atoms in total. The van der Waals surface area contributed by atoms with E-state index >= 15 is 0 Å². The fraction of sp³-hybridized carbons (Fsp3) is 0.455. The number of benzene rings is 1. The van der Waals surface area contributed by atoms with Gasteiger partial charge in [-0.3, -0.25) is 0 Å². The van der Waals surface area contributed by atoms with E-state index in [-0.39, 0.29) is 6.10 Å². The number of rotatable bonds is 1. The first kappa shape index (κ1) is 11.2. The maximum atomic E-state index is 10.5. The zero-order valence-corrected chi connectivity index (χ0v) is 9.85. The first-order valence-electron chi connectivity index (χ1n) is 4.84. The van der Waals surface area contributed by atoms with Crippen LogP contribution in [0.25, 0.3) is 0 Å². The van der Waals surface area contributed by atoms with Crippen molar-refractivity contribution in [2.45, 2.75) is 25.0 Å². The highest BCUT2D eigenvalue weighted by atomic mass is 35.5. The van der Waals surface area contributed by atoms with E-state index in [0.29, 0.717) is 28.6 Å². The molecule has 1 aliphatic rings. The molecular weight excluding hydrogens is 235 g/mol. The molecule has 0 spiro atoms. The van der Waals surface area contributed by atoms with Crippen LogP contribution in [0.1, 0.15) is 18.9 Å². The van der Waals surface area contributed by atoms with E-state index in [0.717, 1.165) is 0 Å². The summed E-state index contributed by atoms with van der Waals surface area (Å²) in [6.07, 6.45) is 0.294. The minimum absolute atomic E-state index is 0.256. The number of aliphatic hydroxyl groups is 1. The Bertz CT molecular complexity index is 381. The Hall–Kier alpha value is -0.280. The van der Waals surface area contributed by atoms with Crippen molar-refractivity contribution in [3.8, 4) is 0 Å². The minimum atomic E-state index is -1.01. The topological polar surface area (TPSA) is 29.5 Å². The molecule has 0 saturated carbocycles.